The van der Waals surface area contributed by atoms with E-state index in [0.29, 0.717) is 11.4 Å². The summed E-state index contributed by atoms with van der Waals surface area (Å²) in [6.07, 6.45) is 0. The molecular weight excluding hydrogens is 412 g/mol. The van der Waals surface area contributed by atoms with Crippen molar-refractivity contribution in [3.05, 3.63) is 65.7 Å². The topological polar surface area (TPSA) is 94.6 Å². The molecule has 0 amide bonds. The fraction of sp³-hybridized carbons (Fsp3) is 0.200. The highest BCUT2D eigenvalue weighted by Gasteiger charge is 2.23. The smallest absolute Gasteiger partial charge is 0.324 e. The molecule has 0 fully saturated rings. The zero-order valence-corrected chi connectivity index (χ0v) is 17.5. The number of aromatic nitrogens is 1. The maximum Gasteiger partial charge on any atom is 0.324 e. The molecule has 3 aromatic rings. The van der Waals surface area contributed by atoms with Gasteiger partial charge in [0.25, 0.3) is 0 Å². The molecule has 0 unspecified atom stereocenters. The normalized spacial score (nSPS) is 12.3. The van der Waals surface area contributed by atoms with E-state index in [1.54, 1.807) is 0 Å². The zero-order valence-electron chi connectivity index (χ0n) is 15.9. The Kier molecular flexibility index (Phi) is 6.63. The van der Waals surface area contributed by atoms with E-state index in [1.165, 1.54) is 49.6 Å². The molecule has 152 valence electrons. The van der Waals surface area contributed by atoms with Crippen LogP contribution in [0.2, 0.25) is 0 Å². The van der Waals surface area contributed by atoms with Crippen LogP contribution >= 0.6 is 11.3 Å². The summed E-state index contributed by atoms with van der Waals surface area (Å²) in [5, 5.41) is 2.63. The molecule has 0 aliphatic rings. The van der Waals surface area contributed by atoms with Crippen LogP contribution in [-0.2, 0) is 26.2 Å². The van der Waals surface area contributed by atoms with Crippen molar-refractivity contribution in [1.82, 2.24) is 9.71 Å². The first-order valence-corrected chi connectivity index (χ1v) is 11.1. The Labute approximate surface area is 173 Å². The predicted molar refractivity (Wildman–Crippen MR) is 110 cm³/mol. The third-order valence-electron chi connectivity index (χ3n) is 3.99. The van der Waals surface area contributed by atoms with Gasteiger partial charge >= 0.3 is 5.97 Å². The standard InChI is InChI=1S/C20H20N2O5S2/c1-14(22-29(24,25)18-10-8-17(26-2)9-11-18)20(23)27-12-16-13-28-19(21-16)15-6-4-3-5-7-15/h3-11,13-14,22H,12H2,1-2H3/t14-/m0/s1. The Morgan fingerprint density at radius 2 is 1.83 bits per heavy atom. The summed E-state index contributed by atoms with van der Waals surface area (Å²) in [7, 11) is -2.37. The summed E-state index contributed by atoms with van der Waals surface area (Å²) in [4.78, 5) is 16.7. The molecular formula is C20H20N2O5S2. The van der Waals surface area contributed by atoms with Crippen molar-refractivity contribution in [1.29, 1.82) is 0 Å². The molecule has 0 spiro atoms. The summed E-state index contributed by atoms with van der Waals surface area (Å²) in [5.74, 6) is -0.147. The number of nitrogens with one attached hydrogen (secondary N) is 1. The second-order valence-corrected chi connectivity index (χ2v) is 8.71. The quantitative estimate of drug-likeness (QED) is 0.549. The molecule has 3 rings (SSSR count). The van der Waals surface area contributed by atoms with Crippen LogP contribution in [0.1, 0.15) is 12.6 Å². The van der Waals surface area contributed by atoms with Gasteiger partial charge in [0.2, 0.25) is 10.0 Å². The van der Waals surface area contributed by atoms with E-state index in [4.69, 9.17) is 9.47 Å². The second-order valence-electron chi connectivity index (χ2n) is 6.14. The molecule has 0 saturated carbocycles. The monoisotopic (exact) mass is 432 g/mol. The summed E-state index contributed by atoms with van der Waals surface area (Å²) in [6, 6.07) is 14.5. The van der Waals surface area contributed by atoms with E-state index in [0.717, 1.165) is 10.6 Å². The van der Waals surface area contributed by atoms with E-state index in [9.17, 15) is 13.2 Å². The van der Waals surface area contributed by atoms with Crippen molar-refractivity contribution >= 4 is 27.3 Å². The Hall–Kier alpha value is -2.75. The Morgan fingerprint density at radius 1 is 1.14 bits per heavy atom. The number of ether oxygens (including phenoxy) is 2. The van der Waals surface area contributed by atoms with Crippen molar-refractivity contribution in [3.63, 3.8) is 0 Å². The fourth-order valence-corrected chi connectivity index (χ4v) is 4.46. The van der Waals surface area contributed by atoms with Gasteiger partial charge in [-0.25, -0.2) is 13.4 Å². The average Bonchev–Trinajstić information content (AvgIpc) is 3.21. The number of methoxy groups -OCH3 is 1. The number of rotatable bonds is 8. The highest BCUT2D eigenvalue weighted by molar-refractivity contribution is 7.89. The molecule has 9 heteroatoms. The van der Waals surface area contributed by atoms with Crippen LogP contribution in [0.4, 0.5) is 0 Å². The molecule has 0 saturated heterocycles. The molecule has 7 nitrogen and oxygen atoms in total. The van der Waals surface area contributed by atoms with Crippen LogP contribution < -0.4 is 9.46 Å². The number of nitrogens with zero attached hydrogens (tertiary/aromatic N) is 1. The lowest BCUT2D eigenvalue weighted by molar-refractivity contribution is -0.146. The van der Waals surface area contributed by atoms with Crippen molar-refractivity contribution in [2.24, 2.45) is 0 Å². The van der Waals surface area contributed by atoms with Gasteiger partial charge in [0.15, 0.2) is 0 Å². The third kappa shape index (κ3) is 5.41. The van der Waals surface area contributed by atoms with Gasteiger partial charge in [0, 0.05) is 10.9 Å². The Balaban J connectivity index is 1.57. The Bertz CT molecular complexity index is 1060. The summed E-state index contributed by atoms with van der Waals surface area (Å²) in [5.41, 5.74) is 1.59. The minimum Gasteiger partial charge on any atom is -0.497 e. The SMILES string of the molecule is COc1ccc(S(=O)(=O)N[C@@H](C)C(=O)OCc2csc(-c3ccccc3)n2)cc1. The number of hydrogen-bond acceptors (Lipinski definition) is 7. The van der Waals surface area contributed by atoms with Crippen molar-refractivity contribution < 1.29 is 22.7 Å². The molecule has 0 bridgehead atoms. The fourth-order valence-electron chi connectivity index (χ4n) is 2.46. The summed E-state index contributed by atoms with van der Waals surface area (Å²) in [6.45, 7) is 1.40. The van der Waals surface area contributed by atoms with Crippen LogP contribution in [0.25, 0.3) is 10.6 Å². The van der Waals surface area contributed by atoms with E-state index in [-0.39, 0.29) is 11.5 Å². The third-order valence-corrected chi connectivity index (χ3v) is 6.49. The second kappa shape index (κ2) is 9.17. The van der Waals surface area contributed by atoms with E-state index in [2.05, 4.69) is 9.71 Å². The Morgan fingerprint density at radius 3 is 2.48 bits per heavy atom. The summed E-state index contributed by atoms with van der Waals surface area (Å²) >= 11 is 1.45. The van der Waals surface area contributed by atoms with Gasteiger partial charge in [0.05, 0.1) is 17.7 Å². The number of carbonyl (C=O) groups excluding carboxylic acids is 1. The number of carbonyl (C=O) groups is 1. The van der Waals surface area contributed by atoms with Crippen molar-refractivity contribution in [2.45, 2.75) is 24.5 Å². The van der Waals surface area contributed by atoms with Gasteiger partial charge in [-0.3, -0.25) is 4.79 Å². The van der Waals surface area contributed by atoms with Crippen LogP contribution in [0, 0.1) is 0 Å². The number of thiazole rings is 1. The molecule has 29 heavy (non-hydrogen) atoms. The molecule has 1 atom stereocenters. The van der Waals surface area contributed by atoms with E-state index < -0.39 is 22.0 Å². The van der Waals surface area contributed by atoms with Gasteiger partial charge in [-0.05, 0) is 31.2 Å². The van der Waals surface area contributed by atoms with Crippen LogP contribution in [-0.4, -0.2) is 32.5 Å². The van der Waals surface area contributed by atoms with Crippen LogP contribution in [0.3, 0.4) is 0 Å². The first-order chi connectivity index (χ1) is 13.9. The van der Waals surface area contributed by atoms with Gasteiger partial charge in [0.1, 0.15) is 23.4 Å². The largest absolute Gasteiger partial charge is 0.497 e. The van der Waals surface area contributed by atoms with Crippen LogP contribution in [0.5, 0.6) is 5.75 Å². The molecule has 2 aromatic carbocycles. The van der Waals surface area contributed by atoms with Gasteiger partial charge in [-0.2, -0.15) is 4.72 Å². The molecule has 0 aliphatic heterocycles. The van der Waals surface area contributed by atoms with Gasteiger partial charge in [-0.15, -0.1) is 11.3 Å². The van der Waals surface area contributed by atoms with Crippen molar-refractivity contribution in [3.8, 4) is 16.3 Å². The molecule has 1 heterocycles. The maximum absolute atomic E-state index is 12.4. The first kappa shape index (κ1) is 21.0. The predicted octanol–water partition coefficient (Wildman–Crippen LogP) is 3.23. The van der Waals surface area contributed by atoms with Gasteiger partial charge < -0.3 is 9.47 Å². The lowest BCUT2D eigenvalue weighted by Crippen LogP contribution is -2.39. The minimum absolute atomic E-state index is 0.0310. The lowest BCUT2D eigenvalue weighted by atomic mass is 10.2. The number of esters is 1. The molecule has 0 aliphatic carbocycles. The highest BCUT2D eigenvalue weighted by atomic mass is 32.2. The van der Waals surface area contributed by atoms with Crippen molar-refractivity contribution in [2.75, 3.05) is 7.11 Å². The van der Waals surface area contributed by atoms with E-state index in [1.807, 2.05) is 35.7 Å². The molecule has 1 N–H and O–H groups in total. The number of sulfonamides is 1. The van der Waals surface area contributed by atoms with E-state index >= 15 is 0 Å². The number of benzene rings is 2. The molecule has 1 aromatic heterocycles. The zero-order chi connectivity index (χ0) is 20.9. The average molecular weight is 433 g/mol. The molecule has 0 radical (unpaired) electrons. The highest BCUT2D eigenvalue weighted by Crippen LogP contribution is 2.23. The number of hydrogen-bond donors (Lipinski definition) is 1. The van der Waals surface area contributed by atoms with Crippen LogP contribution in [0.15, 0.2) is 64.9 Å². The maximum atomic E-state index is 12.4. The lowest BCUT2D eigenvalue weighted by Gasteiger charge is -2.13. The minimum atomic E-state index is -3.86. The van der Waals surface area contributed by atoms with Gasteiger partial charge in [-0.1, -0.05) is 30.3 Å². The first-order valence-electron chi connectivity index (χ1n) is 8.72. The summed E-state index contributed by atoms with van der Waals surface area (Å²) < 4.78 is 37.4.